The highest BCUT2D eigenvalue weighted by Crippen LogP contribution is 2.13. The normalized spacial score (nSPS) is 27.2. The highest BCUT2D eigenvalue weighted by atomic mass is 15.2. The Bertz CT molecular complexity index is 120. The largest absolute Gasteiger partial charge is 0.390 e. The molecule has 2 nitrogen and oxygen atoms in total. The molecule has 0 aromatic rings. The number of hydrogen-bond donors (Lipinski definition) is 1. The summed E-state index contributed by atoms with van der Waals surface area (Å²) in [5.74, 6) is 0. The maximum atomic E-state index is 3.23. The van der Waals surface area contributed by atoms with Crippen molar-refractivity contribution in [3.8, 4) is 0 Å². The molecule has 0 spiro atoms. The topological polar surface area (TPSA) is 15.3 Å². The fraction of sp³-hybridized carbons (Fsp3) is 0.667. The molecular formula is C6H10N2. The lowest BCUT2D eigenvalue weighted by molar-refractivity contribution is 0.264. The molecule has 2 heteroatoms. The van der Waals surface area contributed by atoms with Gasteiger partial charge in [-0.2, -0.15) is 0 Å². The molecule has 1 fully saturated rings. The lowest BCUT2D eigenvalue weighted by Crippen LogP contribution is -2.39. The van der Waals surface area contributed by atoms with E-state index in [1.807, 2.05) is 0 Å². The van der Waals surface area contributed by atoms with Gasteiger partial charge in [0.2, 0.25) is 0 Å². The molecule has 2 bridgehead atoms. The van der Waals surface area contributed by atoms with Gasteiger partial charge in [-0.1, -0.05) is 0 Å². The Morgan fingerprint density at radius 1 is 1.50 bits per heavy atom. The zero-order valence-electron chi connectivity index (χ0n) is 4.85. The maximum absolute atomic E-state index is 3.23. The van der Waals surface area contributed by atoms with Crippen molar-refractivity contribution in [1.82, 2.24) is 10.2 Å². The van der Waals surface area contributed by atoms with Crippen LogP contribution >= 0.6 is 0 Å². The van der Waals surface area contributed by atoms with Crippen LogP contribution in [0.4, 0.5) is 0 Å². The molecule has 3 aliphatic heterocycles. The molecule has 0 amide bonds. The van der Waals surface area contributed by atoms with Gasteiger partial charge in [0, 0.05) is 26.2 Å². The van der Waals surface area contributed by atoms with Gasteiger partial charge in [-0.3, -0.25) is 4.90 Å². The fourth-order valence-corrected chi connectivity index (χ4v) is 1.22. The average molecular weight is 110 g/mol. The molecular weight excluding hydrogens is 100 g/mol. The molecule has 3 heterocycles. The number of nitrogens with zero attached hydrogens (tertiary/aromatic N) is 1. The van der Waals surface area contributed by atoms with E-state index >= 15 is 0 Å². The van der Waals surface area contributed by atoms with E-state index in [2.05, 4.69) is 16.4 Å². The van der Waals surface area contributed by atoms with Crippen molar-refractivity contribution in [2.75, 3.05) is 26.2 Å². The van der Waals surface area contributed by atoms with E-state index in [1.165, 1.54) is 19.6 Å². The molecule has 0 aromatic carbocycles. The van der Waals surface area contributed by atoms with E-state index in [9.17, 15) is 0 Å². The van der Waals surface area contributed by atoms with Crippen molar-refractivity contribution in [2.45, 2.75) is 0 Å². The zero-order valence-corrected chi connectivity index (χ0v) is 4.85. The van der Waals surface area contributed by atoms with Crippen molar-refractivity contribution >= 4 is 0 Å². The summed E-state index contributed by atoms with van der Waals surface area (Å²) in [6, 6.07) is 0. The minimum atomic E-state index is 1.13. The summed E-state index contributed by atoms with van der Waals surface area (Å²) in [4.78, 5) is 2.44. The predicted octanol–water partition coefficient (Wildman–Crippen LogP) is -0.211. The Balaban J connectivity index is 2.10. The van der Waals surface area contributed by atoms with Crippen molar-refractivity contribution in [2.24, 2.45) is 0 Å². The van der Waals surface area contributed by atoms with Crippen molar-refractivity contribution in [3.63, 3.8) is 0 Å². The van der Waals surface area contributed by atoms with Gasteiger partial charge in [0.25, 0.3) is 0 Å². The van der Waals surface area contributed by atoms with E-state index in [1.54, 1.807) is 5.57 Å². The third-order valence-electron chi connectivity index (χ3n) is 1.73. The number of rotatable bonds is 0. The van der Waals surface area contributed by atoms with Crippen LogP contribution < -0.4 is 5.32 Å². The second-order valence-electron chi connectivity index (χ2n) is 2.47. The summed E-state index contributed by atoms with van der Waals surface area (Å²) < 4.78 is 0. The Morgan fingerprint density at radius 3 is 3.25 bits per heavy atom. The summed E-state index contributed by atoms with van der Waals surface area (Å²) in [7, 11) is 0. The summed E-state index contributed by atoms with van der Waals surface area (Å²) >= 11 is 0. The molecule has 0 aromatic heterocycles. The maximum Gasteiger partial charge on any atom is 0.0269 e. The van der Waals surface area contributed by atoms with Gasteiger partial charge in [0.05, 0.1) is 0 Å². The molecule has 1 saturated heterocycles. The van der Waals surface area contributed by atoms with Crippen LogP contribution in [-0.4, -0.2) is 31.1 Å². The summed E-state index contributed by atoms with van der Waals surface area (Å²) in [6.07, 6.45) is 2.16. The molecule has 44 valence electrons. The first-order valence-electron chi connectivity index (χ1n) is 3.09. The standard InChI is InChI=1S/C6H10N2/c1-2-8-4-6(5-8)3-7-1/h3,7H,1-2,4-5H2. The molecule has 0 saturated carbocycles. The van der Waals surface area contributed by atoms with Crippen LogP contribution in [0.1, 0.15) is 0 Å². The monoisotopic (exact) mass is 110 g/mol. The van der Waals surface area contributed by atoms with Crippen LogP contribution in [0.3, 0.4) is 0 Å². The second kappa shape index (κ2) is 1.49. The lowest BCUT2D eigenvalue weighted by atomic mass is 10.1. The Kier molecular flexibility index (Phi) is 0.815. The molecule has 0 radical (unpaired) electrons. The quantitative estimate of drug-likeness (QED) is 0.464. The molecule has 0 aliphatic carbocycles. The molecule has 3 aliphatic rings. The van der Waals surface area contributed by atoms with Crippen LogP contribution in [-0.2, 0) is 0 Å². The Morgan fingerprint density at radius 2 is 2.38 bits per heavy atom. The second-order valence-corrected chi connectivity index (χ2v) is 2.47. The zero-order chi connectivity index (χ0) is 5.40. The van der Waals surface area contributed by atoms with E-state index in [0.29, 0.717) is 0 Å². The summed E-state index contributed by atoms with van der Waals surface area (Å²) in [6.45, 7) is 4.78. The lowest BCUT2D eigenvalue weighted by Gasteiger charge is -2.30. The number of nitrogens with one attached hydrogen (secondary N) is 1. The first-order chi connectivity index (χ1) is 3.95. The minimum absolute atomic E-state index is 1.13. The van der Waals surface area contributed by atoms with E-state index in [4.69, 9.17) is 0 Å². The fourth-order valence-electron chi connectivity index (χ4n) is 1.22. The SMILES string of the molecule is C1=C2CN(CCN1)C2. The predicted molar refractivity (Wildman–Crippen MR) is 32.5 cm³/mol. The van der Waals surface area contributed by atoms with Gasteiger partial charge in [0.15, 0.2) is 0 Å². The van der Waals surface area contributed by atoms with Crippen molar-refractivity contribution < 1.29 is 0 Å². The number of hydrogen-bond acceptors (Lipinski definition) is 2. The van der Waals surface area contributed by atoms with E-state index in [0.717, 1.165) is 6.54 Å². The first kappa shape index (κ1) is 4.39. The molecule has 1 N–H and O–H groups in total. The van der Waals surface area contributed by atoms with Gasteiger partial charge in [0.1, 0.15) is 0 Å². The van der Waals surface area contributed by atoms with Crippen LogP contribution in [0.25, 0.3) is 0 Å². The molecule has 3 rings (SSSR count). The van der Waals surface area contributed by atoms with Gasteiger partial charge >= 0.3 is 0 Å². The highest BCUT2D eigenvalue weighted by Gasteiger charge is 2.20. The highest BCUT2D eigenvalue weighted by molar-refractivity contribution is 5.15. The number of fused-ring (bicyclic) bond motifs is 3. The van der Waals surface area contributed by atoms with Crippen LogP contribution in [0.2, 0.25) is 0 Å². The van der Waals surface area contributed by atoms with Crippen LogP contribution in [0.15, 0.2) is 11.8 Å². The van der Waals surface area contributed by atoms with Crippen molar-refractivity contribution in [1.29, 1.82) is 0 Å². The van der Waals surface area contributed by atoms with Crippen LogP contribution in [0.5, 0.6) is 0 Å². The summed E-state index contributed by atoms with van der Waals surface area (Å²) in [5, 5.41) is 3.23. The molecule has 0 unspecified atom stereocenters. The van der Waals surface area contributed by atoms with E-state index in [-0.39, 0.29) is 0 Å². The van der Waals surface area contributed by atoms with Gasteiger partial charge in [-0.05, 0) is 11.8 Å². The molecule has 8 heavy (non-hydrogen) atoms. The van der Waals surface area contributed by atoms with Crippen LogP contribution in [0, 0.1) is 0 Å². The van der Waals surface area contributed by atoms with Crippen molar-refractivity contribution in [3.05, 3.63) is 11.8 Å². The third kappa shape index (κ3) is 0.530. The van der Waals surface area contributed by atoms with Gasteiger partial charge < -0.3 is 5.32 Å². The Labute approximate surface area is 49.2 Å². The van der Waals surface area contributed by atoms with E-state index < -0.39 is 0 Å². The minimum Gasteiger partial charge on any atom is -0.390 e. The first-order valence-corrected chi connectivity index (χ1v) is 3.09. The molecule has 0 atom stereocenters. The third-order valence-corrected chi connectivity index (χ3v) is 1.73. The van der Waals surface area contributed by atoms with Gasteiger partial charge in [-0.25, -0.2) is 0 Å². The summed E-state index contributed by atoms with van der Waals surface area (Å²) in [5.41, 5.74) is 1.56. The Hall–Kier alpha value is -0.500. The smallest absolute Gasteiger partial charge is 0.0269 e. The average Bonchev–Trinajstić information content (AvgIpc) is 1.89. The van der Waals surface area contributed by atoms with Gasteiger partial charge in [-0.15, -0.1) is 0 Å².